The maximum atomic E-state index is 15.7. The number of thioether (sulfide) groups is 1. The van der Waals surface area contributed by atoms with Gasteiger partial charge in [0, 0.05) is 115 Å². The molecular formula is C70H83N11O17S. The molecule has 8 amide bonds. The first kappa shape index (κ1) is 69.5. The summed E-state index contributed by atoms with van der Waals surface area (Å²) in [4.78, 5) is 128. The number of benzene rings is 4. The number of unbranched alkanes of at least 4 members (excludes halogenated alkanes) is 2. The summed E-state index contributed by atoms with van der Waals surface area (Å²) in [7, 11) is 3.41. The smallest absolute Gasteiger partial charge is 0.407 e. The first-order valence-corrected chi connectivity index (χ1v) is 34.3. The van der Waals surface area contributed by atoms with Gasteiger partial charge < -0.3 is 75.9 Å². The Morgan fingerprint density at radius 3 is 2.36 bits per heavy atom. The number of hydrogen-bond acceptors (Lipinski definition) is 21. The number of H-pyrrole nitrogens is 1. The normalized spacial score (nSPS) is 23.8. The van der Waals surface area contributed by atoms with Crippen LogP contribution < -0.4 is 56.6 Å². The van der Waals surface area contributed by atoms with Crippen molar-refractivity contribution in [2.24, 2.45) is 11.7 Å². The van der Waals surface area contributed by atoms with Gasteiger partial charge in [-0.05, 0) is 99.4 Å². The van der Waals surface area contributed by atoms with Gasteiger partial charge in [-0.15, -0.1) is 11.8 Å². The number of aromatic amines is 1. The molecule has 5 aromatic rings. The quantitative estimate of drug-likeness (QED) is 0.0189. The number of aliphatic hydroxyl groups is 1. The zero-order valence-corrected chi connectivity index (χ0v) is 56.9. The number of primary amides is 1. The molecular weight excluding hydrogens is 1300 g/mol. The molecule has 0 radical (unpaired) electrons. The molecule has 9 aliphatic rings. The van der Waals surface area contributed by atoms with Gasteiger partial charge in [-0.1, -0.05) is 56.7 Å². The minimum atomic E-state index is -1.63. The van der Waals surface area contributed by atoms with Gasteiger partial charge in [0.1, 0.15) is 36.8 Å². The zero-order chi connectivity index (χ0) is 70.4. The summed E-state index contributed by atoms with van der Waals surface area (Å²) < 4.78 is 37.0. The zero-order valence-electron chi connectivity index (χ0n) is 56.1. The SMILES string of the molecule is COc1c(C)cc2c(c1O)[C@H]1[C@@H]3[C@@H]4SC[C@]5(N[C@@H](CNC(=O)OCc6ccc(NC(=O)[C@H](CCCNC(N)=O)NC(=O)[C@@H](NC(=O)CCCCCN7C(=O)C=CC7=O)C(C)C)cc6)Cc6c5[nH]c5ccccc65)C(=O)OC[C@@H](c5c6c(c(C)c(OC(C)=O)c54)OCO6)N3C(O)(C2)CN1C. The van der Waals surface area contributed by atoms with E-state index >= 15 is 4.79 Å². The lowest BCUT2D eigenvalue weighted by Gasteiger charge is -2.60. The molecule has 0 aliphatic carbocycles. The third-order valence-electron chi connectivity index (χ3n) is 19.7. The van der Waals surface area contributed by atoms with Crippen molar-refractivity contribution in [3.63, 3.8) is 0 Å². The molecule has 10 heterocycles. The number of rotatable bonds is 22. The summed E-state index contributed by atoms with van der Waals surface area (Å²) in [5.41, 5.74) is 8.74. The number of esters is 2. The molecule has 11 N–H and O–H groups in total. The summed E-state index contributed by atoms with van der Waals surface area (Å²) >= 11 is 1.40. The second kappa shape index (κ2) is 28.4. The fourth-order valence-corrected chi connectivity index (χ4v) is 17.0. The fraction of sp³-hybridized carbons (Fsp3) is 0.471. The minimum absolute atomic E-state index is 0.0133. The third kappa shape index (κ3) is 13.5. The molecule has 9 aliphatic heterocycles. The Balaban J connectivity index is 0.748. The number of amides is 8. The Hall–Kier alpha value is -9.42. The Bertz CT molecular complexity index is 4090. The number of anilines is 1. The van der Waals surface area contributed by atoms with Gasteiger partial charge in [0.15, 0.2) is 28.5 Å². The Kier molecular flexibility index (Phi) is 20.0. The van der Waals surface area contributed by atoms with Crippen LogP contribution in [-0.2, 0) is 68.0 Å². The van der Waals surface area contributed by atoms with Gasteiger partial charge in [-0.3, -0.25) is 48.8 Å². The van der Waals surface area contributed by atoms with Gasteiger partial charge in [0.2, 0.25) is 24.5 Å². The van der Waals surface area contributed by atoms with Crippen LogP contribution in [0, 0.1) is 19.8 Å². The maximum Gasteiger partial charge on any atom is 0.407 e. The molecule has 29 heteroatoms. The number of nitrogens with two attached hydrogens (primary N) is 1. The number of alkyl carbamates (subject to hydrolysis) is 1. The number of fused-ring (bicyclic) bond motifs is 8. The molecule has 526 valence electrons. The van der Waals surface area contributed by atoms with E-state index in [9.17, 15) is 48.6 Å². The highest BCUT2D eigenvalue weighted by atomic mass is 32.2. The van der Waals surface area contributed by atoms with Gasteiger partial charge in [0.25, 0.3) is 11.8 Å². The number of likely N-dealkylation sites (N-methyl/N-ethyl adjacent to an activating group) is 1. The van der Waals surface area contributed by atoms with Crippen LogP contribution in [-0.4, -0.2) is 173 Å². The van der Waals surface area contributed by atoms with E-state index in [1.807, 2.05) is 54.1 Å². The average Bonchev–Trinajstić information content (AvgIpc) is 1.66. The molecule has 0 saturated carbocycles. The number of carbonyl (C=O) groups is 9. The highest BCUT2D eigenvalue weighted by Crippen LogP contribution is 2.65. The lowest BCUT2D eigenvalue weighted by Crippen LogP contribution is -2.70. The number of imide groups is 1. The predicted molar refractivity (Wildman–Crippen MR) is 360 cm³/mol. The van der Waals surface area contributed by atoms with E-state index in [4.69, 9.17) is 34.2 Å². The number of piperazine rings is 1. The van der Waals surface area contributed by atoms with Crippen LogP contribution in [0.4, 0.5) is 15.3 Å². The number of phenolic OH excluding ortho intramolecular Hbond substituents is 1. The molecule has 2 fully saturated rings. The summed E-state index contributed by atoms with van der Waals surface area (Å²) in [6, 6.07) is 10.4. The van der Waals surface area contributed by atoms with E-state index in [2.05, 4.69) is 36.9 Å². The summed E-state index contributed by atoms with van der Waals surface area (Å²) in [5, 5.41) is 43.4. The number of aryl methyl sites for hydroxylation is 1. The fourth-order valence-electron chi connectivity index (χ4n) is 15.3. The molecule has 99 heavy (non-hydrogen) atoms. The number of nitrogens with zero attached hydrogens (tertiary/aromatic N) is 3. The van der Waals surface area contributed by atoms with E-state index in [1.165, 1.54) is 37.9 Å². The number of nitrogens with one attached hydrogen (secondary N) is 7. The summed E-state index contributed by atoms with van der Waals surface area (Å²) in [5.74, 6) is -2.66. The number of para-hydroxylation sites is 1. The monoisotopic (exact) mass is 1380 g/mol. The van der Waals surface area contributed by atoms with Crippen molar-refractivity contribution < 1.29 is 81.8 Å². The number of hydrogen-bond donors (Lipinski definition) is 10. The van der Waals surface area contributed by atoms with Gasteiger partial charge >= 0.3 is 24.1 Å². The molecule has 28 nitrogen and oxygen atoms in total. The number of methoxy groups -OCH3 is 1. The highest BCUT2D eigenvalue weighted by molar-refractivity contribution is 7.99. The van der Waals surface area contributed by atoms with E-state index in [-0.39, 0.29) is 113 Å². The van der Waals surface area contributed by atoms with E-state index in [1.54, 1.807) is 45.0 Å². The molecule has 2 unspecified atom stereocenters. The molecule has 14 rings (SSSR count). The van der Waals surface area contributed by atoms with Crippen molar-refractivity contribution in [3.8, 4) is 28.7 Å². The van der Waals surface area contributed by atoms with Crippen molar-refractivity contribution in [2.75, 3.05) is 64.8 Å². The van der Waals surface area contributed by atoms with Gasteiger partial charge in [-0.2, -0.15) is 0 Å². The molecule has 1 spiro atoms. The second-order valence-electron chi connectivity index (χ2n) is 26.7. The Labute approximate surface area is 575 Å². The maximum absolute atomic E-state index is 15.7. The van der Waals surface area contributed by atoms with Crippen LogP contribution in [0.2, 0.25) is 0 Å². The molecule has 10 atom stereocenters. The van der Waals surface area contributed by atoms with E-state index in [0.29, 0.717) is 87.7 Å². The second-order valence-corrected chi connectivity index (χ2v) is 27.9. The van der Waals surface area contributed by atoms with Crippen molar-refractivity contribution in [2.45, 2.75) is 145 Å². The summed E-state index contributed by atoms with van der Waals surface area (Å²) in [6.07, 6.45) is 4.05. The standard InChI is InChI=1S/C70H83N11O17S/c1-35(2)54(77-48(83)17-9-8-12-25-80-49(84)22-23-50(80)85)65(88)76-46(16-13-24-72-67(71)90)64(87)74-41-20-18-39(19-21-41)30-95-68(91)73-29-42-27-44-43-14-10-11-15-45(43)75-63(44)70(78-42)33-99-62-53-52(61-60(96-34-97-61)37(4)59(53)98-38(5)82)47(31-94-66(70)89)81-56(62)55-51-40(28-69(81,92)32-79(55)6)26-36(3)58(93-7)57(51)86/h10-11,14-15,18-23,26,35,42,46-47,54-56,62,75,78,86,92H,8-9,12-13,16-17,24-25,27-34H2,1-7H3,(H,73,91)(H,74,87)(H,76,88)(H,77,83)(H3,71,72,90)/t42-,46+,47+,54+,55+,56-,62-,69?,70-/m1/s1. The number of aromatic nitrogens is 1. The molecule has 4 bridgehead atoms. The number of ether oxygens (including phenoxy) is 6. The van der Waals surface area contributed by atoms with E-state index < -0.39 is 88.6 Å². The van der Waals surface area contributed by atoms with Crippen LogP contribution >= 0.6 is 11.8 Å². The van der Waals surface area contributed by atoms with Crippen molar-refractivity contribution >= 4 is 82.0 Å². The number of phenols is 1. The van der Waals surface area contributed by atoms with Crippen LogP contribution in [0.25, 0.3) is 10.9 Å². The van der Waals surface area contributed by atoms with Crippen molar-refractivity contribution in [3.05, 3.63) is 117 Å². The predicted octanol–water partition coefficient (Wildman–Crippen LogP) is 4.97. The van der Waals surface area contributed by atoms with Crippen LogP contribution in [0.1, 0.15) is 127 Å². The van der Waals surface area contributed by atoms with Crippen LogP contribution in [0.3, 0.4) is 0 Å². The topological polar surface area (TPSA) is 373 Å². The number of aromatic hydroxyl groups is 1. The van der Waals surface area contributed by atoms with Gasteiger partial charge in [0.05, 0.1) is 30.1 Å². The van der Waals surface area contributed by atoms with Gasteiger partial charge in [-0.25, -0.2) is 14.4 Å². The average molecular weight is 1380 g/mol. The number of carbonyl (C=O) groups excluding carboxylic acids is 9. The Morgan fingerprint density at radius 2 is 1.64 bits per heavy atom. The largest absolute Gasteiger partial charge is 0.504 e. The Morgan fingerprint density at radius 1 is 0.889 bits per heavy atom. The van der Waals surface area contributed by atoms with E-state index in [0.717, 1.165) is 26.9 Å². The van der Waals surface area contributed by atoms with Crippen LogP contribution in [0.15, 0.2) is 66.7 Å². The lowest BCUT2D eigenvalue weighted by atomic mass is 9.78. The third-order valence-corrected chi connectivity index (χ3v) is 21.2. The lowest BCUT2D eigenvalue weighted by molar-refractivity contribution is -0.215. The van der Waals surface area contributed by atoms with Crippen molar-refractivity contribution in [1.82, 2.24) is 46.3 Å². The first-order valence-electron chi connectivity index (χ1n) is 33.3. The van der Waals surface area contributed by atoms with Crippen LogP contribution in [0.5, 0.6) is 28.7 Å². The first-order chi connectivity index (χ1) is 47.4. The molecule has 4 aromatic carbocycles. The highest BCUT2D eigenvalue weighted by Gasteiger charge is 2.64. The number of urea groups is 1. The molecule has 2 saturated heterocycles. The van der Waals surface area contributed by atoms with Crippen molar-refractivity contribution in [1.29, 1.82) is 0 Å². The minimum Gasteiger partial charge on any atom is -0.504 e. The molecule has 1 aromatic heterocycles. The summed E-state index contributed by atoms with van der Waals surface area (Å²) in [6.45, 7) is 8.31.